The highest BCUT2D eigenvalue weighted by molar-refractivity contribution is 6.67. The zero-order valence-electron chi connectivity index (χ0n) is 13.3. The topological polar surface area (TPSA) is 38.3 Å². The first-order valence-corrected chi connectivity index (χ1v) is 8.66. The molecule has 2 rings (SSSR count). The van der Waals surface area contributed by atoms with Crippen LogP contribution in [0.15, 0.2) is 12.1 Å². The highest BCUT2D eigenvalue weighted by Crippen LogP contribution is 2.43. The number of aryl methyl sites for hydroxylation is 2. The highest BCUT2D eigenvalue weighted by Gasteiger charge is 2.31. The number of hydrogen-bond acceptors (Lipinski definition) is 4. The summed E-state index contributed by atoms with van der Waals surface area (Å²) in [5, 5.41) is -0.0827. The molecule has 0 N–H and O–H groups in total. The maximum Gasteiger partial charge on any atom is 0.323 e. The fourth-order valence-electron chi connectivity index (χ4n) is 2.42. The Bertz CT molecular complexity index is 751. The Morgan fingerprint density at radius 3 is 2.00 bits per heavy atom. The molecule has 0 saturated carbocycles. The second-order valence-electron chi connectivity index (χ2n) is 5.36. The van der Waals surface area contributed by atoms with Gasteiger partial charge in [0.1, 0.15) is 16.5 Å². The number of alkyl halides is 3. The first-order chi connectivity index (χ1) is 11.0. The Morgan fingerprint density at radius 2 is 1.54 bits per heavy atom. The molecule has 9 heteroatoms. The van der Waals surface area contributed by atoms with E-state index in [4.69, 9.17) is 62.7 Å². The lowest BCUT2D eigenvalue weighted by Crippen LogP contribution is -2.12. The average Bonchev–Trinajstić information content (AvgIpc) is 2.40. The van der Waals surface area contributed by atoms with E-state index in [1.54, 1.807) is 0 Å². The first-order valence-electron chi connectivity index (χ1n) is 6.77. The zero-order chi connectivity index (χ0) is 18.2. The molecule has 2 aromatic rings. The molecule has 0 atom stereocenters. The van der Waals surface area contributed by atoms with Gasteiger partial charge in [0.05, 0.1) is 0 Å². The van der Waals surface area contributed by atoms with Gasteiger partial charge in [0.25, 0.3) is 0 Å². The Kier molecular flexibility index (Phi) is 5.99. The second kappa shape index (κ2) is 7.30. The molecule has 0 aliphatic rings. The Balaban J connectivity index is 2.44. The van der Waals surface area contributed by atoms with Crippen LogP contribution in [0.4, 0.5) is 5.69 Å². The molecule has 1 heterocycles. The van der Waals surface area contributed by atoms with Gasteiger partial charge in [-0.2, -0.15) is 9.97 Å². The molecule has 0 amide bonds. The predicted molar refractivity (Wildman–Crippen MR) is 102 cm³/mol. The van der Waals surface area contributed by atoms with Crippen LogP contribution in [-0.2, 0) is 3.79 Å². The van der Waals surface area contributed by atoms with Crippen LogP contribution in [0.25, 0.3) is 0 Å². The molecule has 0 saturated heterocycles. The van der Waals surface area contributed by atoms with Gasteiger partial charge in [-0.05, 0) is 37.1 Å². The number of benzene rings is 1. The van der Waals surface area contributed by atoms with Crippen LogP contribution < -0.4 is 9.64 Å². The van der Waals surface area contributed by atoms with Crippen molar-refractivity contribution in [3.8, 4) is 11.8 Å². The minimum Gasteiger partial charge on any atom is -0.424 e. The van der Waals surface area contributed by atoms with Gasteiger partial charge in [-0.15, -0.1) is 0 Å². The van der Waals surface area contributed by atoms with Gasteiger partial charge in [-0.25, -0.2) is 0 Å². The summed E-state index contributed by atoms with van der Waals surface area (Å²) in [5.41, 5.74) is 3.15. The molecule has 0 unspecified atom stereocenters. The van der Waals surface area contributed by atoms with Crippen LogP contribution in [0.1, 0.15) is 16.8 Å². The van der Waals surface area contributed by atoms with E-state index >= 15 is 0 Å². The summed E-state index contributed by atoms with van der Waals surface area (Å²) in [5.74, 6) is 0.546. The molecule has 0 bridgehead atoms. The maximum absolute atomic E-state index is 5.99. The van der Waals surface area contributed by atoms with Crippen molar-refractivity contribution in [1.82, 2.24) is 9.97 Å². The molecule has 0 spiro atoms. The Hall–Kier alpha value is -0.650. The van der Waals surface area contributed by atoms with E-state index in [1.807, 2.05) is 45.0 Å². The van der Waals surface area contributed by atoms with Crippen molar-refractivity contribution in [2.75, 3.05) is 19.0 Å². The van der Waals surface area contributed by atoms with Crippen LogP contribution in [0, 0.1) is 13.8 Å². The van der Waals surface area contributed by atoms with Crippen LogP contribution >= 0.6 is 58.0 Å². The van der Waals surface area contributed by atoms with Gasteiger partial charge in [0, 0.05) is 19.8 Å². The number of aromatic nitrogens is 2. The maximum atomic E-state index is 5.99. The largest absolute Gasteiger partial charge is 0.424 e. The van der Waals surface area contributed by atoms with Gasteiger partial charge in [-0.3, -0.25) is 0 Å². The van der Waals surface area contributed by atoms with Crippen LogP contribution in [0.3, 0.4) is 0 Å². The minimum absolute atomic E-state index is 0.0284. The quantitative estimate of drug-likeness (QED) is 0.437. The lowest BCUT2D eigenvalue weighted by atomic mass is 10.1. The van der Waals surface area contributed by atoms with E-state index in [1.165, 1.54) is 0 Å². The van der Waals surface area contributed by atoms with E-state index in [0.717, 1.165) is 16.8 Å². The molecule has 1 aromatic carbocycles. The molecule has 4 nitrogen and oxygen atoms in total. The SMILES string of the molecule is Cc1cc(Oc2nc(Cl)c(Cl)c(C(Cl)(Cl)Cl)n2)cc(C)c1N(C)C. The molecular weight excluding hydrogens is 415 g/mol. The van der Waals surface area contributed by atoms with Crippen molar-refractivity contribution in [2.24, 2.45) is 0 Å². The Morgan fingerprint density at radius 1 is 1.00 bits per heavy atom. The van der Waals surface area contributed by atoms with Crippen molar-refractivity contribution in [3.05, 3.63) is 39.1 Å². The van der Waals surface area contributed by atoms with Gasteiger partial charge >= 0.3 is 6.01 Å². The molecule has 0 aliphatic carbocycles. The van der Waals surface area contributed by atoms with Crippen LogP contribution in [0.2, 0.25) is 10.2 Å². The van der Waals surface area contributed by atoms with E-state index in [2.05, 4.69) is 9.97 Å². The summed E-state index contributed by atoms with van der Waals surface area (Å²) in [6, 6.07) is 3.68. The van der Waals surface area contributed by atoms with Crippen molar-refractivity contribution in [3.63, 3.8) is 0 Å². The minimum atomic E-state index is -1.84. The summed E-state index contributed by atoms with van der Waals surface area (Å²) < 4.78 is 3.84. The van der Waals surface area contributed by atoms with E-state index in [9.17, 15) is 0 Å². The van der Waals surface area contributed by atoms with E-state index in [0.29, 0.717) is 5.75 Å². The lowest BCUT2D eigenvalue weighted by molar-refractivity contribution is 0.439. The normalized spacial score (nSPS) is 11.5. The van der Waals surface area contributed by atoms with E-state index < -0.39 is 3.79 Å². The third-order valence-electron chi connectivity index (χ3n) is 3.18. The number of ether oxygens (including phenoxy) is 1. The number of halogens is 5. The van der Waals surface area contributed by atoms with Crippen molar-refractivity contribution in [1.29, 1.82) is 0 Å². The molecule has 0 fully saturated rings. The fourth-order valence-corrected chi connectivity index (χ4v) is 3.36. The summed E-state index contributed by atoms with van der Waals surface area (Å²) in [7, 11) is 3.95. The van der Waals surface area contributed by atoms with Gasteiger partial charge in [0.15, 0.2) is 5.15 Å². The third kappa shape index (κ3) is 4.30. The van der Waals surface area contributed by atoms with Crippen LogP contribution in [0.5, 0.6) is 11.8 Å². The molecular formula is C15H14Cl5N3O. The smallest absolute Gasteiger partial charge is 0.323 e. The van der Waals surface area contributed by atoms with Crippen molar-refractivity contribution in [2.45, 2.75) is 17.6 Å². The molecule has 0 radical (unpaired) electrons. The standard InChI is InChI=1S/C15H14Cl5N3O/c1-7-5-9(6-8(2)11(7)23(3)4)24-14-21-12(15(18,19)20)10(16)13(17)22-14/h5-6H,1-4H3. The first kappa shape index (κ1) is 19.7. The van der Waals surface area contributed by atoms with Crippen LogP contribution in [-0.4, -0.2) is 24.1 Å². The number of rotatable bonds is 3. The average molecular weight is 430 g/mol. The molecule has 130 valence electrons. The third-order valence-corrected chi connectivity index (χ3v) is 4.44. The second-order valence-corrected chi connectivity index (χ2v) is 8.38. The summed E-state index contributed by atoms with van der Waals surface area (Å²) >= 11 is 29.5. The van der Waals surface area contributed by atoms with E-state index in [-0.39, 0.29) is 21.9 Å². The van der Waals surface area contributed by atoms with Gasteiger partial charge < -0.3 is 9.64 Å². The summed E-state index contributed by atoms with van der Waals surface area (Å²) in [6.07, 6.45) is 0. The highest BCUT2D eigenvalue weighted by atomic mass is 35.6. The van der Waals surface area contributed by atoms with Crippen molar-refractivity contribution < 1.29 is 4.74 Å². The zero-order valence-corrected chi connectivity index (χ0v) is 17.1. The van der Waals surface area contributed by atoms with Gasteiger partial charge in [-0.1, -0.05) is 58.0 Å². The summed E-state index contributed by atoms with van der Waals surface area (Å²) in [4.78, 5) is 10.1. The monoisotopic (exact) mass is 427 g/mol. The Labute approximate surface area is 165 Å². The predicted octanol–water partition coefficient (Wildman–Crippen LogP) is 6.09. The van der Waals surface area contributed by atoms with Gasteiger partial charge in [0.2, 0.25) is 3.79 Å². The molecule has 0 aliphatic heterocycles. The summed E-state index contributed by atoms with van der Waals surface area (Å²) in [6.45, 7) is 3.97. The number of anilines is 1. The molecule has 1 aromatic heterocycles. The fraction of sp³-hybridized carbons (Fsp3) is 0.333. The number of hydrogen-bond donors (Lipinski definition) is 0. The van der Waals surface area contributed by atoms with Crippen molar-refractivity contribution >= 4 is 63.7 Å². The lowest BCUT2D eigenvalue weighted by Gasteiger charge is -2.20. The molecule has 24 heavy (non-hydrogen) atoms. The number of nitrogens with zero attached hydrogens (tertiary/aromatic N) is 3.